The number of nitrogens with two attached hydrogens (primary N) is 1. The Morgan fingerprint density at radius 2 is 2.16 bits per heavy atom. The average Bonchev–Trinajstić information content (AvgIpc) is 2.42. The number of nitrogen functional groups attached to an aromatic ring is 1. The molecule has 0 radical (unpaired) electrons. The van der Waals surface area contributed by atoms with Crippen molar-refractivity contribution in [3.63, 3.8) is 0 Å². The number of carbonyl (C=O) groups is 1. The summed E-state index contributed by atoms with van der Waals surface area (Å²) in [6.07, 6.45) is 8.33. The van der Waals surface area contributed by atoms with E-state index < -0.39 is 0 Å². The largest absolute Gasteiger partial charge is 0.397 e. The van der Waals surface area contributed by atoms with Crippen LogP contribution in [-0.4, -0.2) is 16.9 Å². The maximum Gasteiger partial charge on any atom is 0.226 e. The monoisotopic (exact) mass is 261 g/mol. The van der Waals surface area contributed by atoms with Gasteiger partial charge in [0.2, 0.25) is 5.91 Å². The van der Waals surface area contributed by atoms with Gasteiger partial charge in [-0.15, -0.1) is 0 Å². The molecule has 0 unspecified atom stereocenters. The van der Waals surface area contributed by atoms with Crippen LogP contribution in [0.15, 0.2) is 18.3 Å². The van der Waals surface area contributed by atoms with Gasteiger partial charge in [-0.25, -0.2) is 0 Å². The first-order valence-corrected chi connectivity index (χ1v) is 7.15. The first-order valence-electron chi connectivity index (χ1n) is 7.15. The van der Waals surface area contributed by atoms with Gasteiger partial charge in [-0.3, -0.25) is 9.78 Å². The van der Waals surface area contributed by atoms with Crippen LogP contribution < -0.4 is 11.1 Å². The third-order valence-electron chi connectivity index (χ3n) is 3.93. The van der Waals surface area contributed by atoms with E-state index >= 15 is 0 Å². The number of carbonyl (C=O) groups excluding carboxylic acids is 1. The highest BCUT2D eigenvalue weighted by molar-refractivity contribution is 5.78. The minimum absolute atomic E-state index is 0.0512. The summed E-state index contributed by atoms with van der Waals surface area (Å²) in [5.74, 6) is 0.687. The number of anilines is 1. The van der Waals surface area contributed by atoms with Crippen molar-refractivity contribution in [1.29, 1.82) is 0 Å². The Kier molecular flexibility index (Phi) is 4.77. The van der Waals surface area contributed by atoms with Crippen molar-refractivity contribution in [2.45, 2.75) is 51.5 Å². The molecule has 1 aromatic heterocycles. The Morgan fingerprint density at radius 3 is 2.79 bits per heavy atom. The molecule has 4 heteroatoms. The van der Waals surface area contributed by atoms with E-state index in [0.717, 1.165) is 5.69 Å². The summed E-state index contributed by atoms with van der Waals surface area (Å²) < 4.78 is 0. The van der Waals surface area contributed by atoms with Crippen LogP contribution in [0.5, 0.6) is 0 Å². The molecule has 0 aromatic carbocycles. The van der Waals surface area contributed by atoms with Gasteiger partial charge in [-0.05, 0) is 37.8 Å². The Bertz CT molecular complexity index is 410. The summed E-state index contributed by atoms with van der Waals surface area (Å²) in [6.45, 7) is 2.12. The molecule has 0 aliphatic heterocycles. The Hall–Kier alpha value is -1.58. The molecular weight excluding hydrogens is 238 g/mol. The van der Waals surface area contributed by atoms with Gasteiger partial charge < -0.3 is 11.1 Å². The van der Waals surface area contributed by atoms with E-state index in [-0.39, 0.29) is 11.9 Å². The molecule has 104 valence electrons. The molecule has 1 aromatic rings. The Morgan fingerprint density at radius 1 is 1.42 bits per heavy atom. The van der Waals surface area contributed by atoms with Crippen molar-refractivity contribution < 1.29 is 4.79 Å². The summed E-state index contributed by atoms with van der Waals surface area (Å²) in [7, 11) is 0. The molecule has 1 atom stereocenters. The third kappa shape index (κ3) is 4.23. The topological polar surface area (TPSA) is 68.0 Å². The second-order valence-corrected chi connectivity index (χ2v) is 5.51. The minimum atomic E-state index is 0.0512. The molecule has 1 fully saturated rings. The van der Waals surface area contributed by atoms with Crippen LogP contribution >= 0.6 is 0 Å². The number of amides is 1. The lowest BCUT2D eigenvalue weighted by molar-refractivity contribution is -0.121. The van der Waals surface area contributed by atoms with E-state index in [9.17, 15) is 4.79 Å². The molecule has 3 N–H and O–H groups in total. The lowest BCUT2D eigenvalue weighted by Crippen LogP contribution is -2.39. The molecule has 0 spiro atoms. The summed E-state index contributed by atoms with van der Waals surface area (Å²) in [5, 5.41) is 3.10. The summed E-state index contributed by atoms with van der Waals surface area (Å²) in [5.41, 5.74) is 6.96. The van der Waals surface area contributed by atoms with Gasteiger partial charge in [-0.1, -0.05) is 19.3 Å². The van der Waals surface area contributed by atoms with Crippen LogP contribution in [0.1, 0.15) is 44.7 Å². The van der Waals surface area contributed by atoms with Crippen LogP contribution in [-0.2, 0) is 11.2 Å². The van der Waals surface area contributed by atoms with E-state index in [1.807, 2.05) is 0 Å². The maximum atomic E-state index is 12.0. The van der Waals surface area contributed by atoms with Gasteiger partial charge in [0.25, 0.3) is 0 Å². The molecule has 1 aliphatic carbocycles. The quantitative estimate of drug-likeness (QED) is 0.873. The predicted octanol–water partition coefficient (Wildman–Crippen LogP) is 2.29. The summed E-state index contributed by atoms with van der Waals surface area (Å²) in [6, 6.07) is 3.85. The van der Waals surface area contributed by atoms with Crippen molar-refractivity contribution in [3.8, 4) is 0 Å². The number of pyridine rings is 1. The van der Waals surface area contributed by atoms with Gasteiger partial charge in [0.05, 0.1) is 18.3 Å². The average molecular weight is 261 g/mol. The predicted molar refractivity (Wildman–Crippen MR) is 76.5 cm³/mol. The van der Waals surface area contributed by atoms with Gasteiger partial charge in [0.15, 0.2) is 0 Å². The molecular formula is C15H23N3O. The van der Waals surface area contributed by atoms with E-state index in [2.05, 4.69) is 17.2 Å². The van der Waals surface area contributed by atoms with E-state index in [1.165, 1.54) is 32.1 Å². The molecule has 0 saturated heterocycles. The second kappa shape index (κ2) is 6.55. The SMILES string of the molecule is C[C@@H](NC(=O)Cc1ccc(N)cn1)C1CCCCC1. The molecule has 4 nitrogen and oxygen atoms in total. The second-order valence-electron chi connectivity index (χ2n) is 5.51. The Balaban J connectivity index is 1.81. The standard InChI is InChI=1S/C15H23N3O/c1-11(12-5-3-2-4-6-12)18-15(19)9-14-8-7-13(16)10-17-14/h7-8,10-12H,2-6,9,16H2,1H3,(H,18,19)/t11-/m1/s1. The minimum Gasteiger partial charge on any atom is -0.397 e. The van der Waals surface area contributed by atoms with Crippen LogP contribution in [0.4, 0.5) is 5.69 Å². The first-order chi connectivity index (χ1) is 9.15. The van der Waals surface area contributed by atoms with E-state index in [4.69, 9.17) is 5.73 Å². The highest BCUT2D eigenvalue weighted by Gasteiger charge is 2.21. The van der Waals surface area contributed by atoms with E-state index in [1.54, 1.807) is 18.3 Å². The van der Waals surface area contributed by atoms with Gasteiger partial charge >= 0.3 is 0 Å². The number of hydrogen-bond donors (Lipinski definition) is 2. The van der Waals surface area contributed by atoms with Crippen LogP contribution in [0.3, 0.4) is 0 Å². The Labute approximate surface area is 114 Å². The zero-order chi connectivity index (χ0) is 13.7. The first kappa shape index (κ1) is 13.8. The van der Waals surface area contributed by atoms with Crippen molar-refractivity contribution in [2.24, 2.45) is 5.92 Å². The summed E-state index contributed by atoms with van der Waals surface area (Å²) in [4.78, 5) is 16.1. The highest BCUT2D eigenvalue weighted by atomic mass is 16.1. The van der Waals surface area contributed by atoms with Crippen molar-refractivity contribution in [1.82, 2.24) is 10.3 Å². The lowest BCUT2D eigenvalue weighted by Gasteiger charge is -2.28. The molecule has 19 heavy (non-hydrogen) atoms. The maximum absolute atomic E-state index is 12.0. The van der Waals surface area contributed by atoms with Gasteiger partial charge in [0.1, 0.15) is 0 Å². The van der Waals surface area contributed by atoms with Crippen molar-refractivity contribution >= 4 is 11.6 Å². The zero-order valence-corrected chi connectivity index (χ0v) is 11.6. The fourth-order valence-corrected chi connectivity index (χ4v) is 2.76. The molecule has 1 heterocycles. The van der Waals surface area contributed by atoms with Crippen molar-refractivity contribution in [2.75, 3.05) is 5.73 Å². The smallest absolute Gasteiger partial charge is 0.226 e. The van der Waals surface area contributed by atoms with Crippen LogP contribution in [0.2, 0.25) is 0 Å². The molecule has 0 bridgehead atoms. The highest BCUT2D eigenvalue weighted by Crippen LogP contribution is 2.26. The fourth-order valence-electron chi connectivity index (χ4n) is 2.76. The zero-order valence-electron chi connectivity index (χ0n) is 11.6. The summed E-state index contributed by atoms with van der Waals surface area (Å²) >= 11 is 0. The van der Waals surface area contributed by atoms with Gasteiger partial charge in [0, 0.05) is 11.7 Å². The lowest BCUT2D eigenvalue weighted by atomic mass is 9.84. The van der Waals surface area contributed by atoms with Crippen molar-refractivity contribution in [3.05, 3.63) is 24.0 Å². The molecule has 1 saturated carbocycles. The normalized spacial score (nSPS) is 17.9. The third-order valence-corrected chi connectivity index (χ3v) is 3.93. The number of rotatable bonds is 4. The molecule has 1 aliphatic rings. The molecule has 2 rings (SSSR count). The number of nitrogens with zero attached hydrogens (tertiary/aromatic N) is 1. The number of aromatic nitrogens is 1. The number of nitrogens with one attached hydrogen (secondary N) is 1. The molecule has 1 amide bonds. The number of hydrogen-bond acceptors (Lipinski definition) is 3. The van der Waals surface area contributed by atoms with Gasteiger partial charge in [-0.2, -0.15) is 0 Å². The van der Waals surface area contributed by atoms with Crippen LogP contribution in [0.25, 0.3) is 0 Å². The fraction of sp³-hybridized carbons (Fsp3) is 0.600. The van der Waals surface area contributed by atoms with E-state index in [0.29, 0.717) is 18.0 Å². The van der Waals surface area contributed by atoms with Crippen LogP contribution in [0, 0.1) is 5.92 Å².